The normalized spacial score (nSPS) is 19.3. The highest BCUT2D eigenvalue weighted by Crippen LogP contribution is 2.47. The highest BCUT2D eigenvalue weighted by molar-refractivity contribution is 6.01. The number of fused-ring (bicyclic) bond motifs is 1. The van der Waals surface area contributed by atoms with E-state index >= 15 is 0 Å². The van der Waals surface area contributed by atoms with Crippen LogP contribution in [0.3, 0.4) is 0 Å². The number of rotatable bonds is 4. The molecule has 2 N–H and O–H groups in total. The Bertz CT molecular complexity index is 1550. The van der Waals surface area contributed by atoms with Gasteiger partial charge in [-0.25, -0.2) is 4.68 Å². The van der Waals surface area contributed by atoms with Gasteiger partial charge < -0.3 is 14.5 Å². The number of furan rings is 1. The molecule has 7 nitrogen and oxygen atoms in total. The van der Waals surface area contributed by atoms with Crippen LogP contribution in [0.2, 0.25) is 0 Å². The van der Waals surface area contributed by atoms with Crippen molar-refractivity contribution in [2.45, 2.75) is 31.0 Å². The third-order valence-corrected chi connectivity index (χ3v) is 6.69. The second kappa shape index (κ2) is 8.58. The number of hydrogen-bond donors (Lipinski definition) is 2. The van der Waals surface area contributed by atoms with E-state index in [0.717, 1.165) is 0 Å². The van der Waals surface area contributed by atoms with Crippen molar-refractivity contribution in [3.05, 3.63) is 112 Å². The van der Waals surface area contributed by atoms with Crippen molar-refractivity contribution in [2.24, 2.45) is 0 Å². The molecule has 0 saturated heterocycles. The monoisotopic (exact) mass is 507 g/mol. The molecule has 3 heterocycles. The number of aromatic amines is 1. The average Bonchev–Trinajstić information content (AvgIpc) is 3.52. The van der Waals surface area contributed by atoms with Crippen molar-refractivity contribution in [3.8, 4) is 11.4 Å². The lowest BCUT2D eigenvalue weighted by Crippen LogP contribution is -2.32. The van der Waals surface area contributed by atoms with Gasteiger partial charge in [0, 0.05) is 29.5 Å². The molecule has 6 rings (SSSR count). The molecule has 4 aromatic rings. The minimum Gasteiger partial charge on any atom is -0.469 e. The molecule has 10 heteroatoms. The van der Waals surface area contributed by atoms with Crippen molar-refractivity contribution >= 4 is 11.6 Å². The number of nitrogens with zero attached hydrogens (tertiary/aromatic N) is 1. The topological polar surface area (TPSA) is 89.3 Å². The van der Waals surface area contributed by atoms with E-state index in [1.54, 1.807) is 36.6 Å². The minimum absolute atomic E-state index is 0.159. The lowest BCUT2D eigenvalue weighted by atomic mass is 9.73. The Kier molecular flexibility index (Phi) is 5.32. The predicted molar refractivity (Wildman–Crippen MR) is 128 cm³/mol. The van der Waals surface area contributed by atoms with Gasteiger partial charge in [-0.15, -0.1) is 13.2 Å². The number of nitrogens with one attached hydrogen (secondary N) is 2. The van der Waals surface area contributed by atoms with Crippen LogP contribution in [0.15, 0.2) is 93.5 Å². The SMILES string of the molecule is O=C1C[C@H](c2ccco2)CC2=C1[C@H](c1ccc(OC(F)(F)F)cc1)c1c([nH]n(-c3ccccc3)c1=O)N2. The number of H-pyrrole nitrogens is 1. The maximum atomic E-state index is 13.7. The van der Waals surface area contributed by atoms with Crippen LogP contribution in [-0.4, -0.2) is 21.9 Å². The first-order valence-electron chi connectivity index (χ1n) is 11.6. The number of Topliss-reactive ketones (excluding diaryl/α,β-unsaturated/α-hetero) is 1. The first-order chi connectivity index (χ1) is 17.8. The fraction of sp³-hybridized carbons (Fsp3) is 0.185. The van der Waals surface area contributed by atoms with Crippen LogP contribution in [-0.2, 0) is 4.79 Å². The first kappa shape index (κ1) is 23.0. The van der Waals surface area contributed by atoms with Gasteiger partial charge in [-0.1, -0.05) is 30.3 Å². The molecule has 0 amide bonds. The summed E-state index contributed by atoms with van der Waals surface area (Å²) < 4.78 is 49.0. The van der Waals surface area contributed by atoms with Gasteiger partial charge in [0.2, 0.25) is 0 Å². The number of aromatic nitrogens is 2. The summed E-state index contributed by atoms with van der Waals surface area (Å²) >= 11 is 0. The summed E-state index contributed by atoms with van der Waals surface area (Å²) in [5, 5.41) is 6.37. The van der Waals surface area contributed by atoms with E-state index in [4.69, 9.17) is 4.42 Å². The van der Waals surface area contributed by atoms with Crippen LogP contribution in [0.1, 0.15) is 41.6 Å². The summed E-state index contributed by atoms with van der Waals surface area (Å²) in [4.78, 5) is 27.2. The smallest absolute Gasteiger partial charge is 0.469 e. The van der Waals surface area contributed by atoms with E-state index in [0.29, 0.717) is 46.1 Å². The number of para-hydroxylation sites is 1. The van der Waals surface area contributed by atoms with Gasteiger partial charge in [-0.3, -0.25) is 14.7 Å². The summed E-state index contributed by atoms with van der Waals surface area (Å²) in [5.74, 6) is -0.378. The number of carbonyl (C=O) groups is 1. The molecule has 0 unspecified atom stereocenters. The number of hydrogen-bond acceptors (Lipinski definition) is 5. The van der Waals surface area contributed by atoms with Crippen molar-refractivity contribution in [3.63, 3.8) is 0 Å². The number of halogens is 3. The molecule has 0 bridgehead atoms. The quantitative estimate of drug-likeness (QED) is 0.375. The number of ether oxygens (including phenoxy) is 1. The highest BCUT2D eigenvalue weighted by Gasteiger charge is 2.42. The van der Waals surface area contributed by atoms with Gasteiger partial charge in [0.15, 0.2) is 5.78 Å². The molecule has 2 aliphatic rings. The number of benzene rings is 2. The molecule has 37 heavy (non-hydrogen) atoms. The Morgan fingerprint density at radius 3 is 2.38 bits per heavy atom. The van der Waals surface area contributed by atoms with E-state index in [2.05, 4.69) is 15.2 Å². The van der Waals surface area contributed by atoms with Crippen LogP contribution in [0.4, 0.5) is 19.0 Å². The van der Waals surface area contributed by atoms with Crippen molar-refractivity contribution in [2.75, 3.05) is 5.32 Å². The summed E-state index contributed by atoms with van der Waals surface area (Å²) in [6.07, 6.45) is -2.62. The number of allylic oxidation sites excluding steroid dienone is 2. The Balaban J connectivity index is 1.48. The second-order valence-corrected chi connectivity index (χ2v) is 8.99. The molecule has 188 valence electrons. The predicted octanol–water partition coefficient (Wildman–Crippen LogP) is 5.62. The second-order valence-electron chi connectivity index (χ2n) is 8.99. The van der Waals surface area contributed by atoms with Gasteiger partial charge in [-0.05, 0) is 48.4 Å². The number of carbonyl (C=O) groups excluding carboxylic acids is 1. The standard InChI is InChI=1S/C27H20F3N3O4/c28-27(29,30)37-18-10-8-15(9-11-18)22-23-19(13-16(14-20(23)34)21-7-4-12-36-21)31-25-24(22)26(35)33(32-25)17-5-2-1-3-6-17/h1-12,16,22,31-32H,13-14H2/t16-,22+/m1/s1. The van der Waals surface area contributed by atoms with Crippen LogP contribution in [0.5, 0.6) is 5.75 Å². The summed E-state index contributed by atoms with van der Waals surface area (Å²) in [7, 11) is 0. The Hall–Kier alpha value is -4.47. The fourth-order valence-electron chi connectivity index (χ4n) is 5.17. The van der Waals surface area contributed by atoms with E-state index in [9.17, 15) is 22.8 Å². The Morgan fingerprint density at radius 1 is 0.946 bits per heavy atom. The van der Waals surface area contributed by atoms with Crippen LogP contribution in [0.25, 0.3) is 5.69 Å². The molecular formula is C27H20F3N3O4. The molecule has 0 radical (unpaired) electrons. The molecule has 0 fully saturated rings. The maximum absolute atomic E-state index is 13.7. The fourth-order valence-corrected chi connectivity index (χ4v) is 5.17. The molecule has 0 spiro atoms. The first-order valence-corrected chi connectivity index (χ1v) is 11.6. The molecule has 2 aromatic carbocycles. The van der Waals surface area contributed by atoms with Crippen LogP contribution >= 0.6 is 0 Å². The van der Waals surface area contributed by atoms with E-state index < -0.39 is 12.3 Å². The number of ketones is 1. The molecule has 2 atom stereocenters. The molecule has 0 saturated carbocycles. The zero-order valence-corrected chi connectivity index (χ0v) is 19.2. The largest absolute Gasteiger partial charge is 0.573 e. The van der Waals surface area contributed by atoms with Crippen LogP contribution in [0, 0.1) is 0 Å². The summed E-state index contributed by atoms with van der Waals surface area (Å²) in [5.41, 5.74) is 2.14. The van der Waals surface area contributed by atoms with Gasteiger partial charge in [0.05, 0.1) is 17.5 Å². The van der Waals surface area contributed by atoms with E-state index in [-0.39, 0.29) is 29.4 Å². The zero-order chi connectivity index (χ0) is 25.7. The van der Waals surface area contributed by atoms with Crippen molar-refractivity contribution < 1.29 is 27.1 Å². The maximum Gasteiger partial charge on any atom is 0.573 e. The molecule has 1 aliphatic carbocycles. The van der Waals surface area contributed by atoms with Gasteiger partial charge in [0.1, 0.15) is 17.3 Å². The van der Waals surface area contributed by atoms with Gasteiger partial charge in [0.25, 0.3) is 5.56 Å². The molecular weight excluding hydrogens is 487 g/mol. The Morgan fingerprint density at radius 2 is 1.70 bits per heavy atom. The van der Waals surface area contributed by atoms with Crippen LogP contribution < -0.4 is 15.6 Å². The summed E-state index contributed by atoms with van der Waals surface area (Å²) in [6, 6.07) is 17.8. The lowest BCUT2D eigenvalue weighted by molar-refractivity contribution is -0.274. The summed E-state index contributed by atoms with van der Waals surface area (Å²) in [6.45, 7) is 0. The highest BCUT2D eigenvalue weighted by atomic mass is 19.4. The third-order valence-electron chi connectivity index (χ3n) is 6.69. The van der Waals surface area contributed by atoms with E-state index in [1.165, 1.54) is 28.9 Å². The van der Waals surface area contributed by atoms with E-state index in [1.807, 2.05) is 12.1 Å². The molecule has 1 aliphatic heterocycles. The minimum atomic E-state index is -4.83. The Labute approximate surface area is 208 Å². The van der Waals surface area contributed by atoms with Crippen molar-refractivity contribution in [1.82, 2.24) is 9.78 Å². The third kappa shape index (κ3) is 4.14. The van der Waals surface area contributed by atoms with Gasteiger partial charge >= 0.3 is 6.36 Å². The lowest BCUT2D eigenvalue weighted by Gasteiger charge is -2.33. The van der Waals surface area contributed by atoms with Crippen molar-refractivity contribution in [1.29, 1.82) is 0 Å². The number of alkyl halides is 3. The number of anilines is 1. The van der Waals surface area contributed by atoms with Gasteiger partial charge in [-0.2, -0.15) is 0 Å². The molecule has 2 aromatic heterocycles. The zero-order valence-electron chi connectivity index (χ0n) is 19.2. The average molecular weight is 507 g/mol.